The number of aromatic nitrogens is 5. The molecule has 4 N–H and O–H groups in total. The van der Waals surface area contributed by atoms with Gasteiger partial charge in [-0.1, -0.05) is 13.8 Å². The average Bonchev–Trinajstić information content (AvgIpc) is 3.54. The third-order valence-electron chi connectivity index (χ3n) is 6.47. The van der Waals surface area contributed by atoms with Gasteiger partial charge in [0.1, 0.15) is 17.2 Å². The van der Waals surface area contributed by atoms with E-state index < -0.39 is 0 Å². The molecule has 0 spiro atoms. The third kappa shape index (κ3) is 4.83. The van der Waals surface area contributed by atoms with Gasteiger partial charge < -0.3 is 25.4 Å². The second kappa shape index (κ2) is 10.1. The van der Waals surface area contributed by atoms with Gasteiger partial charge in [-0.25, -0.2) is 4.98 Å². The van der Waals surface area contributed by atoms with Crippen molar-refractivity contribution in [3.05, 3.63) is 54.5 Å². The van der Waals surface area contributed by atoms with Gasteiger partial charge in [0.2, 0.25) is 5.95 Å². The summed E-state index contributed by atoms with van der Waals surface area (Å²) in [6.45, 7) is 8.28. The van der Waals surface area contributed by atoms with Crippen LogP contribution < -0.4 is 20.9 Å². The molecule has 5 rings (SSSR count). The summed E-state index contributed by atoms with van der Waals surface area (Å²) in [6, 6.07) is 12.1. The molecule has 182 valence electrons. The molecule has 10 nitrogen and oxygen atoms in total. The predicted molar refractivity (Wildman–Crippen MR) is 138 cm³/mol. The fraction of sp³-hybridized carbons (Fsp3) is 0.360. The van der Waals surface area contributed by atoms with E-state index >= 15 is 0 Å². The number of rotatable bonds is 8. The van der Waals surface area contributed by atoms with Crippen LogP contribution in [0.15, 0.2) is 48.8 Å². The van der Waals surface area contributed by atoms with Crippen LogP contribution in [0.3, 0.4) is 0 Å². The molecule has 1 aromatic carbocycles. The first-order valence-electron chi connectivity index (χ1n) is 12.2. The van der Waals surface area contributed by atoms with Crippen LogP contribution in [0.4, 0.5) is 23.1 Å². The first kappa shape index (κ1) is 22.9. The minimum absolute atomic E-state index is 0.135. The van der Waals surface area contributed by atoms with Crippen molar-refractivity contribution in [2.75, 3.05) is 41.7 Å². The Bertz CT molecular complexity index is 1270. The van der Waals surface area contributed by atoms with Crippen LogP contribution >= 0.6 is 0 Å². The molecule has 0 radical (unpaired) electrons. The van der Waals surface area contributed by atoms with E-state index in [1.165, 1.54) is 5.69 Å². The van der Waals surface area contributed by atoms with E-state index in [2.05, 4.69) is 62.0 Å². The molecule has 1 amide bonds. The van der Waals surface area contributed by atoms with E-state index in [-0.39, 0.29) is 11.9 Å². The summed E-state index contributed by atoms with van der Waals surface area (Å²) < 4.78 is 2.03. The Morgan fingerprint density at radius 2 is 1.89 bits per heavy atom. The number of carbonyl (C=O) groups is 1. The molecule has 4 aromatic rings. The van der Waals surface area contributed by atoms with Gasteiger partial charge in [-0.05, 0) is 43.2 Å². The molecule has 1 fully saturated rings. The summed E-state index contributed by atoms with van der Waals surface area (Å²) in [5, 5.41) is 17.1. The number of anilines is 4. The third-order valence-corrected chi connectivity index (χ3v) is 6.47. The van der Waals surface area contributed by atoms with Gasteiger partial charge in [-0.15, -0.1) is 0 Å². The molecule has 0 aliphatic carbocycles. The Kier molecular flexibility index (Phi) is 6.62. The average molecular weight is 474 g/mol. The van der Waals surface area contributed by atoms with Crippen LogP contribution in [0.25, 0.3) is 11.0 Å². The Morgan fingerprint density at radius 3 is 2.57 bits per heavy atom. The molecule has 35 heavy (non-hydrogen) atoms. The molecule has 0 bridgehead atoms. The highest BCUT2D eigenvalue weighted by Crippen LogP contribution is 2.28. The van der Waals surface area contributed by atoms with Crippen LogP contribution in [0.2, 0.25) is 0 Å². The summed E-state index contributed by atoms with van der Waals surface area (Å²) in [5.74, 6) is 0.837. The first-order valence-corrected chi connectivity index (χ1v) is 12.2. The summed E-state index contributed by atoms with van der Waals surface area (Å²) in [5.41, 5.74) is 3.42. The van der Waals surface area contributed by atoms with Crippen LogP contribution in [-0.2, 0) is 0 Å². The smallest absolute Gasteiger partial charge is 0.273 e. The fourth-order valence-corrected chi connectivity index (χ4v) is 4.59. The van der Waals surface area contributed by atoms with Gasteiger partial charge in [-0.2, -0.15) is 10.1 Å². The minimum Gasteiger partial charge on any atom is -0.369 e. The Hall–Kier alpha value is -3.92. The largest absolute Gasteiger partial charge is 0.369 e. The van der Waals surface area contributed by atoms with Crippen molar-refractivity contribution >= 4 is 40.1 Å². The van der Waals surface area contributed by atoms with Crippen LogP contribution in [0.5, 0.6) is 0 Å². The number of fused-ring (bicyclic) bond motifs is 1. The van der Waals surface area contributed by atoms with Crippen molar-refractivity contribution < 1.29 is 4.79 Å². The Labute approximate surface area is 204 Å². The number of aromatic amines is 1. The monoisotopic (exact) mass is 473 g/mol. The normalized spacial score (nSPS) is 14.0. The van der Waals surface area contributed by atoms with E-state index in [0.717, 1.165) is 55.7 Å². The van der Waals surface area contributed by atoms with E-state index in [1.54, 1.807) is 18.5 Å². The van der Waals surface area contributed by atoms with Crippen molar-refractivity contribution in [3.8, 4) is 0 Å². The number of piperazine rings is 1. The first-order chi connectivity index (χ1) is 17.2. The van der Waals surface area contributed by atoms with Crippen molar-refractivity contribution in [1.29, 1.82) is 0 Å². The number of nitrogens with one attached hydrogen (secondary N) is 4. The van der Waals surface area contributed by atoms with Gasteiger partial charge in [-0.3, -0.25) is 9.89 Å². The molecule has 0 atom stereocenters. The molecule has 10 heteroatoms. The van der Waals surface area contributed by atoms with Crippen molar-refractivity contribution in [1.82, 2.24) is 30.0 Å². The Morgan fingerprint density at radius 1 is 1.11 bits per heavy atom. The molecule has 1 aliphatic rings. The molecule has 4 heterocycles. The number of amides is 1. The summed E-state index contributed by atoms with van der Waals surface area (Å²) in [6.07, 6.45) is 5.13. The molecule has 1 saturated heterocycles. The maximum Gasteiger partial charge on any atom is 0.273 e. The zero-order valence-corrected chi connectivity index (χ0v) is 20.1. The molecule has 1 aliphatic heterocycles. The van der Waals surface area contributed by atoms with Crippen molar-refractivity contribution in [2.45, 2.75) is 32.7 Å². The lowest BCUT2D eigenvalue weighted by Gasteiger charge is -2.29. The van der Waals surface area contributed by atoms with Crippen LogP contribution in [0, 0.1) is 0 Å². The highest BCUT2D eigenvalue weighted by Gasteiger charge is 2.22. The number of H-pyrrole nitrogens is 1. The zero-order valence-electron chi connectivity index (χ0n) is 20.1. The van der Waals surface area contributed by atoms with E-state index in [1.807, 2.05) is 22.8 Å². The maximum absolute atomic E-state index is 13.1. The summed E-state index contributed by atoms with van der Waals surface area (Å²) >= 11 is 0. The fourth-order valence-electron chi connectivity index (χ4n) is 4.59. The predicted octanol–water partition coefficient (Wildman–Crippen LogP) is 3.92. The highest BCUT2D eigenvalue weighted by molar-refractivity contribution is 6.05. The van der Waals surface area contributed by atoms with Gasteiger partial charge >= 0.3 is 0 Å². The maximum atomic E-state index is 13.1. The van der Waals surface area contributed by atoms with E-state index in [0.29, 0.717) is 17.5 Å². The van der Waals surface area contributed by atoms with Crippen LogP contribution in [0.1, 0.15) is 43.2 Å². The SMILES string of the molecule is CCC(CC)n1c(C(=O)Nc2ccn[nH]2)cc2cnc(Nc3ccc(N4CCNCC4)cc3)nc21. The van der Waals surface area contributed by atoms with Gasteiger partial charge in [0.15, 0.2) is 0 Å². The molecular formula is C25H31N9O. The van der Waals surface area contributed by atoms with E-state index in [4.69, 9.17) is 4.98 Å². The molecule has 0 saturated carbocycles. The number of hydrogen-bond donors (Lipinski definition) is 4. The topological polar surface area (TPSA) is 116 Å². The van der Waals surface area contributed by atoms with Gasteiger partial charge in [0.05, 0.1) is 6.20 Å². The quantitative estimate of drug-likeness (QED) is 0.306. The second-order valence-electron chi connectivity index (χ2n) is 8.68. The number of carbonyl (C=O) groups excluding carboxylic acids is 1. The molecular weight excluding hydrogens is 442 g/mol. The van der Waals surface area contributed by atoms with Crippen LogP contribution in [-0.4, -0.2) is 56.8 Å². The number of nitrogens with zero attached hydrogens (tertiary/aromatic N) is 5. The summed E-state index contributed by atoms with van der Waals surface area (Å²) in [7, 11) is 0. The van der Waals surface area contributed by atoms with Gasteiger partial charge in [0.25, 0.3) is 5.91 Å². The van der Waals surface area contributed by atoms with Crippen molar-refractivity contribution in [3.63, 3.8) is 0 Å². The lowest BCUT2D eigenvalue weighted by atomic mass is 10.1. The van der Waals surface area contributed by atoms with Crippen molar-refractivity contribution in [2.24, 2.45) is 0 Å². The lowest BCUT2D eigenvalue weighted by Crippen LogP contribution is -2.43. The zero-order chi connectivity index (χ0) is 24.2. The van der Waals surface area contributed by atoms with E-state index in [9.17, 15) is 4.79 Å². The molecule has 3 aromatic heterocycles. The molecule has 0 unspecified atom stereocenters. The lowest BCUT2D eigenvalue weighted by molar-refractivity contribution is 0.101. The Balaban J connectivity index is 1.43. The second-order valence-corrected chi connectivity index (χ2v) is 8.68. The summed E-state index contributed by atoms with van der Waals surface area (Å²) in [4.78, 5) is 24.8. The minimum atomic E-state index is -0.211. The van der Waals surface area contributed by atoms with Gasteiger partial charge in [0, 0.05) is 61.2 Å². The standard InChI is InChI=1S/C25H31N9O/c1-3-19(4-2)34-21(24(35)30-22-9-10-28-32-22)15-17-16-27-25(31-23(17)34)29-18-5-7-20(8-6-18)33-13-11-26-12-14-33/h5-10,15-16,19,26H,3-4,11-14H2,1-2H3,(H,27,29,31)(H2,28,30,32,35). The number of benzene rings is 1. The highest BCUT2D eigenvalue weighted by atomic mass is 16.2. The number of hydrogen-bond acceptors (Lipinski definition) is 7.